The van der Waals surface area contributed by atoms with Crippen LogP contribution in [-0.2, 0) is 23.8 Å². The number of hydrogen-bond acceptors (Lipinski definition) is 7. The fourth-order valence-electron chi connectivity index (χ4n) is 1.04. The smallest absolute Gasteiger partial charge is 0.335 e. The van der Waals surface area contributed by atoms with Gasteiger partial charge in [0.15, 0.2) is 0 Å². The third kappa shape index (κ3) is 9.78. The van der Waals surface area contributed by atoms with E-state index < -0.39 is 24.5 Å². The van der Waals surface area contributed by atoms with Gasteiger partial charge in [-0.2, -0.15) is 0 Å². The molecule has 120 valence electrons. The van der Waals surface area contributed by atoms with E-state index in [9.17, 15) is 19.8 Å². The van der Waals surface area contributed by atoms with Crippen LogP contribution in [0.1, 0.15) is 26.7 Å². The van der Waals surface area contributed by atoms with Crippen molar-refractivity contribution in [2.24, 2.45) is 0 Å². The molecule has 0 aliphatic rings. The van der Waals surface area contributed by atoms with Crippen LogP contribution < -0.4 is 0 Å². The van der Waals surface area contributed by atoms with E-state index in [0.717, 1.165) is 0 Å². The maximum absolute atomic E-state index is 11.1. The maximum Gasteiger partial charge on any atom is 0.335 e. The van der Waals surface area contributed by atoms with Crippen molar-refractivity contribution in [3.05, 3.63) is 24.3 Å². The van der Waals surface area contributed by atoms with Gasteiger partial charge in [0.05, 0.1) is 13.2 Å². The molecule has 0 fully saturated rings. The first kappa shape index (κ1) is 19.3. The molecule has 0 radical (unpaired) electrons. The molecule has 0 saturated carbocycles. The number of carbonyl (C=O) groups excluding carboxylic acids is 2. The molecule has 0 aromatic carbocycles. The molecule has 2 N–H and O–H groups in total. The van der Waals surface area contributed by atoms with Crippen molar-refractivity contribution in [1.82, 2.24) is 0 Å². The first-order chi connectivity index (χ1) is 9.73. The van der Waals surface area contributed by atoms with Crippen LogP contribution >= 0.6 is 0 Å². The van der Waals surface area contributed by atoms with Crippen LogP contribution in [0.3, 0.4) is 0 Å². The summed E-state index contributed by atoms with van der Waals surface area (Å²) in [5.41, 5.74) is 0.384. The number of rotatable bonds is 10. The van der Waals surface area contributed by atoms with E-state index in [1.165, 1.54) is 13.8 Å². The summed E-state index contributed by atoms with van der Waals surface area (Å²) in [5, 5.41) is 18.7. The molecule has 0 aromatic heterocycles. The second kappa shape index (κ2) is 10.1. The molecule has 0 aliphatic heterocycles. The van der Waals surface area contributed by atoms with Gasteiger partial charge in [0.1, 0.15) is 0 Å². The Morgan fingerprint density at radius 2 is 1.24 bits per heavy atom. The molecule has 0 saturated heterocycles. The molecule has 0 rings (SSSR count). The molecule has 0 heterocycles. The van der Waals surface area contributed by atoms with Gasteiger partial charge in [0, 0.05) is 24.0 Å². The quantitative estimate of drug-likeness (QED) is 0.264. The lowest BCUT2D eigenvalue weighted by atomic mass is 10.3. The minimum atomic E-state index is -1.28. The molecule has 21 heavy (non-hydrogen) atoms. The van der Waals surface area contributed by atoms with Crippen LogP contribution in [-0.4, -0.2) is 47.9 Å². The molecule has 7 nitrogen and oxygen atoms in total. The Hall–Kier alpha value is -1.70. The van der Waals surface area contributed by atoms with Crippen LogP contribution in [0, 0.1) is 0 Å². The number of carbonyl (C=O) groups is 2. The number of hydrogen-bond donors (Lipinski definition) is 2. The average Bonchev–Trinajstić information content (AvgIpc) is 2.37. The largest absolute Gasteiger partial charge is 0.433 e. The fraction of sp³-hybridized carbons (Fsp3) is 0.571. The number of aliphatic hydroxyl groups is 2. The van der Waals surface area contributed by atoms with Gasteiger partial charge < -0.3 is 24.4 Å². The minimum Gasteiger partial charge on any atom is -0.433 e. The Bertz CT molecular complexity index is 353. The van der Waals surface area contributed by atoms with E-state index in [1.807, 2.05) is 0 Å². The Labute approximate surface area is 123 Å². The van der Waals surface area contributed by atoms with Crippen molar-refractivity contribution >= 4 is 11.9 Å². The second-order valence-corrected chi connectivity index (χ2v) is 4.47. The molecule has 0 bridgehead atoms. The minimum absolute atomic E-state index is 0.0840. The average molecular weight is 302 g/mol. The standard InChI is InChI=1S/C14H22O7/c1-9(2)13(17)20-11(15)5-7-19-8-6-12(16)21-14(18)10(3)4/h11-12,15-16H,1,3,5-8H2,2,4H3. The van der Waals surface area contributed by atoms with Crippen molar-refractivity contribution in [2.45, 2.75) is 39.3 Å². The Kier molecular flexibility index (Phi) is 9.27. The zero-order valence-corrected chi connectivity index (χ0v) is 12.3. The van der Waals surface area contributed by atoms with Gasteiger partial charge >= 0.3 is 11.9 Å². The fourth-order valence-corrected chi connectivity index (χ4v) is 1.04. The van der Waals surface area contributed by atoms with Crippen molar-refractivity contribution < 1.29 is 34.0 Å². The molecular weight excluding hydrogens is 280 g/mol. The van der Waals surface area contributed by atoms with E-state index in [2.05, 4.69) is 22.6 Å². The first-order valence-corrected chi connectivity index (χ1v) is 6.41. The van der Waals surface area contributed by atoms with E-state index in [1.54, 1.807) is 0 Å². The zero-order chi connectivity index (χ0) is 16.4. The molecular formula is C14H22O7. The van der Waals surface area contributed by atoms with E-state index >= 15 is 0 Å². The molecule has 2 atom stereocenters. The highest BCUT2D eigenvalue weighted by molar-refractivity contribution is 5.87. The predicted molar refractivity (Wildman–Crippen MR) is 73.9 cm³/mol. The predicted octanol–water partition coefficient (Wildman–Crippen LogP) is 0.659. The molecule has 0 aliphatic carbocycles. The van der Waals surface area contributed by atoms with Crippen molar-refractivity contribution in [1.29, 1.82) is 0 Å². The van der Waals surface area contributed by atoms with Gasteiger partial charge in [0.2, 0.25) is 12.6 Å². The highest BCUT2D eigenvalue weighted by atomic mass is 16.6. The highest BCUT2D eigenvalue weighted by Crippen LogP contribution is 2.03. The third-order valence-corrected chi connectivity index (χ3v) is 2.20. The zero-order valence-electron chi connectivity index (χ0n) is 12.3. The van der Waals surface area contributed by atoms with Crippen LogP contribution in [0.5, 0.6) is 0 Å². The van der Waals surface area contributed by atoms with Crippen LogP contribution in [0.4, 0.5) is 0 Å². The van der Waals surface area contributed by atoms with Crippen LogP contribution in [0.2, 0.25) is 0 Å². The van der Waals surface area contributed by atoms with Crippen molar-refractivity contribution in [3.8, 4) is 0 Å². The highest BCUT2D eigenvalue weighted by Gasteiger charge is 2.13. The Morgan fingerprint density at radius 3 is 1.52 bits per heavy atom. The van der Waals surface area contributed by atoms with Gasteiger partial charge in [-0.25, -0.2) is 9.59 Å². The summed E-state index contributed by atoms with van der Waals surface area (Å²) >= 11 is 0. The molecule has 2 unspecified atom stereocenters. The summed E-state index contributed by atoms with van der Waals surface area (Å²) in [4.78, 5) is 22.2. The van der Waals surface area contributed by atoms with Gasteiger partial charge in [0.25, 0.3) is 0 Å². The van der Waals surface area contributed by atoms with E-state index in [0.29, 0.717) is 0 Å². The molecule has 0 aromatic rings. The summed E-state index contributed by atoms with van der Waals surface area (Å²) in [7, 11) is 0. The summed E-state index contributed by atoms with van der Waals surface area (Å²) in [5.74, 6) is -1.35. The first-order valence-electron chi connectivity index (χ1n) is 6.41. The van der Waals surface area contributed by atoms with Gasteiger partial charge in [-0.3, -0.25) is 0 Å². The second-order valence-electron chi connectivity index (χ2n) is 4.47. The van der Waals surface area contributed by atoms with Gasteiger partial charge in [-0.1, -0.05) is 13.2 Å². The SMILES string of the molecule is C=C(C)C(=O)OC(O)CCOCCC(O)OC(=O)C(=C)C. The summed E-state index contributed by atoms with van der Waals surface area (Å²) in [6, 6.07) is 0. The third-order valence-electron chi connectivity index (χ3n) is 2.20. The van der Waals surface area contributed by atoms with Crippen molar-refractivity contribution in [2.75, 3.05) is 13.2 Å². The number of esters is 2. The van der Waals surface area contributed by atoms with Gasteiger partial charge in [-0.05, 0) is 13.8 Å². The summed E-state index contributed by atoms with van der Waals surface area (Å²) < 4.78 is 14.4. The Morgan fingerprint density at radius 1 is 0.905 bits per heavy atom. The molecule has 0 spiro atoms. The van der Waals surface area contributed by atoms with Crippen LogP contribution in [0.25, 0.3) is 0 Å². The topological polar surface area (TPSA) is 102 Å². The molecule has 0 amide bonds. The number of ether oxygens (including phenoxy) is 3. The van der Waals surface area contributed by atoms with E-state index in [4.69, 9.17) is 4.74 Å². The normalized spacial score (nSPS) is 13.1. The lowest BCUT2D eigenvalue weighted by molar-refractivity contribution is -0.167. The molecule has 7 heteroatoms. The maximum atomic E-state index is 11.1. The Balaban J connectivity index is 3.67. The lowest BCUT2D eigenvalue weighted by Crippen LogP contribution is -2.22. The van der Waals surface area contributed by atoms with E-state index in [-0.39, 0.29) is 37.2 Å². The summed E-state index contributed by atoms with van der Waals surface area (Å²) in [6.45, 7) is 9.94. The van der Waals surface area contributed by atoms with Gasteiger partial charge in [-0.15, -0.1) is 0 Å². The summed E-state index contributed by atoms with van der Waals surface area (Å²) in [6.07, 6.45) is -2.39. The number of aliphatic hydroxyl groups excluding tert-OH is 2. The van der Waals surface area contributed by atoms with Crippen LogP contribution in [0.15, 0.2) is 24.3 Å². The van der Waals surface area contributed by atoms with Crippen molar-refractivity contribution in [3.63, 3.8) is 0 Å². The monoisotopic (exact) mass is 302 g/mol. The lowest BCUT2D eigenvalue weighted by Gasteiger charge is -2.14.